The molecule has 0 saturated carbocycles. The van der Waals surface area contributed by atoms with Crippen molar-refractivity contribution in [3.8, 4) is 0 Å². The molecule has 2 N–H and O–H groups in total. The summed E-state index contributed by atoms with van der Waals surface area (Å²) in [7, 11) is 0. The van der Waals surface area contributed by atoms with E-state index >= 15 is 0 Å². The second kappa shape index (κ2) is 7.01. The molecule has 1 aliphatic rings. The monoisotopic (exact) mass is 314 g/mol. The van der Waals surface area contributed by atoms with Gasteiger partial charge in [-0.1, -0.05) is 12.1 Å². The molecule has 4 heteroatoms. The fraction of sp³-hybridized carbons (Fsp3) is 0.368. The zero-order chi connectivity index (χ0) is 16.2. The molecule has 0 bridgehead atoms. The van der Waals surface area contributed by atoms with E-state index in [9.17, 15) is 9.50 Å². The number of piperidine rings is 1. The maximum absolute atomic E-state index is 12.9. The third kappa shape index (κ3) is 4.02. The summed E-state index contributed by atoms with van der Waals surface area (Å²) in [6.07, 6.45) is 1.53. The lowest BCUT2D eigenvalue weighted by Gasteiger charge is -2.31. The summed E-state index contributed by atoms with van der Waals surface area (Å²) in [6, 6.07) is 15.1. The predicted molar refractivity (Wildman–Crippen MR) is 92.3 cm³/mol. The highest BCUT2D eigenvalue weighted by Crippen LogP contribution is 2.24. The second-order valence-corrected chi connectivity index (χ2v) is 6.18. The third-order valence-electron chi connectivity index (χ3n) is 4.45. The van der Waals surface area contributed by atoms with Crippen molar-refractivity contribution in [2.75, 3.05) is 23.3 Å². The van der Waals surface area contributed by atoms with Gasteiger partial charge in [-0.3, -0.25) is 0 Å². The molecule has 2 aromatic carbocycles. The van der Waals surface area contributed by atoms with Crippen LogP contribution in [-0.2, 0) is 0 Å². The molecule has 0 aliphatic carbocycles. The van der Waals surface area contributed by atoms with Crippen molar-refractivity contribution in [2.45, 2.75) is 31.9 Å². The number of hydrogen-bond donors (Lipinski definition) is 2. The molecule has 1 saturated heterocycles. The number of anilines is 2. The van der Waals surface area contributed by atoms with E-state index in [1.54, 1.807) is 12.1 Å². The molecule has 1 heterocycles. The molecule has 1 unspecified atom stereocenters. The molecule has 2 aromatic rings. The molecule has 1 fully saturated rings. The average Bonchev–Trinajstić information content (AvgIpc) is 2.58. The molecule has 0 amide bonds. The molecule has 1 atom stereocenters. The first-order chi connectivity index (χ1) is 11.1. The van der Waals surface area contributed by atoms with Crippen LogP contribution in [0.4, 0.5) is 15.8 Å². The first-order valence-electron chi connectivity index (χ1n) is 8.17. The van der Waals surface area contributed by atoms with E-state index in [-0.39, 0.29) is 18.0 Å². The third-order valence-corrected chi connectivity index (χ3v) is 4.45. The van der Waals surface area contributed by atoms with Gasteiger partial charge in [-0.05, 0) is 61.7 Å². The van der Waals surface area contributed by atoms with Gasteiger partial charge in [0.05, 0.1) is 6.10 Å². The van der Waals surface area contributed by atoms with Crippen molar-refractivity contribution in [1.29, 1.82) is 0 Å². The fourth-order valence-corrected chi connectivity index (χ4v) is 2.98. The summed E-state index contributed by atoms with van der Waals surface area (Å²) in [5.74, 6) is -0.223. The largest absolute Gasteiger partial charge is 0.393 e. The van der Waals surface area contributed by atoms with Gasteiger partial charge in [0.1, 0.15) is 5.82 Å². The Hall–Kier alpha value is -2.07. The Morgan fingerprint density at radius 3 is 2.26 bits per heavy atom. The SMILES string of the molecule is CC(Nc1ccc(F)cc1)c1ccc(N2CCC(O)CC2)cc1. The minimum Gasteiger partial charge on any atom is -0.393 e. The smallest absolute Gasteiger partial charge is 0.123 e. The van der Waals surface area contributed by atoms with Gasteiger partial charge in [0.25, 0.3) is 0 Å². The first-order valence-corrected chi connectivity index (χ1v) is 8.17. The number of nitrogens with one attached hydrogen (secondary N) is 1. The summed E-state index contributed by atoms with van der Waals surface area (Å²) in [5.41, 5.74) is 3.30. The van der Waals surface area contributed by atoms with Gasteiger partial charge in [-0.15, -0.1) is 0 Å². The van der Waals surface area contributed by atoms with E-state index in [0.29, 0.717) is 0 Å². The Kier molecular flexibility index (Phi) is 4.82. The van der Waals surface area contributed by atoms with E-state index in [1.165, 1.54) is 23.4 Å². The van der Waals surface area contributed by atoms with Gasteiger partial charge in [0, 0.05) is 30.5 Å². The van der Waals surface area contributed by atoms with E-state index < -0.39 is 0 Å². The van der Waals surface area contributed by atoms with Crippen LogP contribution in [-0.4, -0.2) is 24.3 Å². The van der Waals surface area contributed by atoms with Crippen molar-refractivity contribution in [3.63, 3.8) is 0 Å². The Labute approximate surface area is 136 Å². The summed E-state index contributed by atoms with van der Waals surface area (Å²) in [4.78, 5) is 2.31. The van der Waals surface area contributed by atoms with Crippen LogP contribution in [0.3, 0.4) is 0 Å². The van der Waals surface area contributed by atoms with Crippen LogP contribution in [0.25, 0.3) is 0 Å². The first kappa shape index (κ1) is 15.8. The zero-order valence-corrected chi connectivity index (χ0v) is 13.4. The highest BCUT2D eigenvalue weighted by Gasteiger charge is 2.17. The van der Waals surface area contributed by atoms with Crippen LogP contribution in [0.1, 0.15) is 31.4 Å². The normalized spacial score (nSPS) is 17.1. The van der Waals surface area contributed by atoms with E-state index in [0.717, 1.165) is 31.6 Å². The summed E-state index contributed by atoms with van der Waals surface area (Å²) >= 11 is 0. The van der Waals surface area contributed by atoms with Crippen molar-refractivity contribution < 1.29 is 9.50 Å². The standard InChI is InChI=1S/C19H23FN2O/c1-14(21-17-6-4-16(20)5-7-17)15-2-8-18(9-3-15)22-12-10-19(23)11-13-22/h2-9,14,19,21,23H,10-13H2,1H3. The van der Waals surface area contributed by atoms with Gasteiger partial charge in [-0.2, -0.15) is 0 Å². The summed E-state index contributed by atoms with van der Waals surface area (Å²) in [5, 5.41) is 13.0. The minimum atomic E-state index is -0.223. The highest BCUT2D eigenvalue weighted by atomic mass is 19.1. The van der Waals surface area contributed by atoms with E-state index in [2.05, 4.69) is 41.4 Å². The molecule has 0 aromatic heterocycles. The van der Waals surface area contributed by atoms with Gasteiger partial charge in [0.15, 0.2) is 0 Å². The van der Waals surface area contributed by atoms with Crippen molar-refractivity contribution in [1.82, 2.24) is 0 Å². The minimum absolute atomic E-state index is 0.148. The molecule has 122 valence electrons. The van der Waals surface area contributed by atoms with E-state index in [4.69, 9.17) is 0 Å². The predicted octanol–water partition coefficient (Wildman–Crippen LogP) is 3.96. The quantitative estimate of drug-likeness (QED) is 0.896. The summed E-state index contributed by atoms with van der Waals surface area (Å²) < 4.78 is 12.9. The van der Waals surface area contributed by atoms with Gasteiger partial charge in [0.2, 0.25) is 0 Å². The van der Waals surface area contributed by atoms with Crippen molar-refractivity contribution >= 4 is 11.4 Å². The average molecular weight is 314 g/mol. The van der Waals surface area contributed by atoms with E-state index in [1.807, 2.05) is 0 Å². The number of aliphatic hydroxyl groups excluding tert-OH is 1. The Morgan fingerprint density at radius 1 is 1.04 bits per heavy atom. The number of halogens is 1. The van der Waals surface area contributed by atoms with Crippen LogP contribution < -0.4 is 10.2 Å². The molecule has 0 radical (unpaired) electrons. The van der Waals surface area contributed by atoms with Gasteiger partial charge in [-0.25, -0.2) is 4.39 Å². The molecule has 1 aliphatic heterocycles. The second-order valence-electron chi connectivity index (χ2n) is 6.18. The maximum atomic E-state index is 12.9. The Morgan fingerprint density at radius 2 is 1.65 bits per heavy atom. The number of benzene rings is 2. The van der Waals surface area contributed by atoms with Gasteiger partial charge >= 0.3 is 0 Å². The molecular formula is C19H23FN2O. The lowest BCUT2D eigenvalue weighted by molar-refractivity contribution is 0.145. The number of hydrogen-bond acceptors (Lipinski definition) is 3. The number of rotatable bonds is 4. The lowest BCUT2D eigenvalue weighted by atomic mass is 10.0. The number of aliphatic hydroxyl groups is 1. The molecule has 3 rings (SSSR count). The maximum Gasteiger partial charge on any atom is 0.123 e. The lowest BCUT2D eigenvalue weighted by Crippen LogP contribution is -2.35. The van der Waals surface area contributed by atoms with Crippen LogP contribution in [0.15, 0.2) is 48.5 Å². The molecular weight excluding hydrogens is 291 g/mol. The zero-order valence-electron chi connectivity index (χ0n) is 13.4. The van der Waals surface area contributed by atoms with Crippen LogP contribution in [0, 0.1) is 5.82 Å². The topological polar surface area (TPSA) is 35.5 Å². The number of nitrogens with zero attached hydrogens (tertiary/aromatic N) is 1. The fourth-order valence-electron chi connectivity index (χ4n) is 2.98. The Balaban J connectivity index is 1.63. The van der Waals surface area contributed by atoms with Crippen LogP contribution >= 0.6 is 0 Å². The van der Waals surface area contributed by atoms with Crippen molar-refractivity contribution in [3.05, 3.63) is 59.9 Å². The van der Waals surface area contributed by atoms with Crippen molar-refractivity contribution in [2.24, 2.45) is 0 Å². The van der Waals surface area contributed by atoms with Crippen LogP contribution in [0.2, 0.25) is 0 Å². The van der Waals surface area contributed by atoms with Gasteiger partial charge < -0.3 is 15.3 Å². The molecule has 23 heavy (non-hydrogen) atoms. The highest BCUT2D eigenvalue weighted by molar-refractivity contribution is 5.50. The summed E-state index contributed by atoms with van der Waals surface area (Å²) in [6.45, 7) is 3.91. The molecule has 3 nitrogen and oxygen atoms in total. The van der Waals surface area contributed by atoms with Crippen LogP contribution in [0.5, 0.6) is 0 Å². The Bertz CT molecular complexity index is 619. The molecule has 0 spiro atoms.